The van der Waals surface area contributed by atoms with Crippen LogP contribution in [0.15, 0.2) is 4.99 Å². The van der Waals surface area contributed by atoms with E-state index >= 15 is 0 Å². The summed E-state index contributed by atoms with van der Waals surface area (Å²) in [7, 11) is -3.02. The summed E-state index contributed by atoms with van der Waals surface area (Å²) in [4.78, 5) is 6.44. The molecular weight excluding hydrogens is 262 g/mol. The van der Waals surface area contributed by atoms with Gasteiger partial charge < -0.3 is 10.2 Å². The van der Waals surface area contributed by atoms with E-state index in [1.807, 2.05) is 11.8 Å². The van der Waals surface area contributed by atoms with Crippen molar-refractivity contribution in [3.63, 3.8) is 0 Å². The molecule has 108 valence electrons. The van der Waals surface area contributed by atoms with Crippen LogP contribution in [0.5, 0.6) is 0 Å². The SMILES string of the molecule is C#CCCN=C(NCC)N1CCS(=O)(=O)C(C)(C)C1. The first-order valence-electron chi connectivity index (χ1n) is 6.53. The van der Waals surface area contributed by atoms with Gasteiger partial charge in [0, 0.05) is 26.1 Å². The molecule has 1 N–H and O–H groups in total. The molecule has 0 saturated carbocycles. The highest BCUT2D eigenvalue weighted by molar-refractivity contribution is 7.92. The molecule has 1 rings (SSSR count). The molecule has 0 aromatic rings. The van der Waals surface area contributed by atoms with Crippen LogP contribution in [0.3, 0.4) is 0 Å². The first-order valence-corrected chi connectivity index (χ1v) is 8.18. The van der Waals surface area contributed by atoms with E-state index in [0.717, 1.165) is 12.5 Å². The minimum atomic E-state index is -3.02. The van der Waals surface area contributed by atoms with Gasteiger partial charge in [0.2, 0.25) is 0 Å². The van der Waals surface area contributed by atoms with Gasteiger partial charge in [-0.05, 0) is 20.8 Å². The fraction of sp³-hybridized carbons (Fsp3) is 0.769. The molecule has 0 aliphatic carbocycles. The second-order valence-corrected chi connectivity index (χ2v) is 7.93. The number of rotatable bonds is 3. The fourth-order valence-corrected chi connectivity index (χ4v) is 3.34. The fourth-order valence-electron chi connectivity index (χ4n) is 1.98. The van der Waals surface area contributed by atoms with E-state index < -0.39 is 14.6 Å². The number of terminal acetylenes is 1. The molecule has 1 fully saturated rings. The van der Waals surface area contributed by atoms with Crippen LogP contribution in [0.2, 0.25) is 0 Å². The van der Waals surface area contributed by atoms with E-state index in [0.29, 0.717) is 26.1 Å². The van der Waals surface area contributed by atoms with Gasteiger partial charge in [-0.25, -0.2) is 8.42 Å². The van der Waals surface area contributed by atoms with Crippen LogP contribution < -0.4 is 5.32 Å². The van der Waals surface area contributed by atoms with Crippen LogP contribution in [-0.4, -0.2) is 56.0 Å². The van der Waals surface area contributed by atoms with Gasteiger partial charge in [0.1, 0.15) is 0 Å². The van der Waals surface area contributed by atoms with Gasteiger partial charge in [0.25, 0.3) is 0 Å². The van der Waals surface area contributed by atoms with Crippen molar-refractivity contribution in [1.82, 2.24) is 10.2 Å². The van der Waals surface area contributed by atoms with Crippen molar-refractivity contribution in [2.75, 3.05) is 31.9 Å². The van der Waals surface area contributed by atoms with E-state index in [1.165, 1.54) is 0 Å². The van der Waals surface area contributed by atoms with E-state index in [-0.39, 0.29) is 5.75 Å². The van der Waals surface area contributed by atoms with Crippen molar-refractivity contribution in [2.24, 2.45) is 4.99 Å². The summed E-state index contributed by atoms with van der Waals surface area (Å²) >= 11 is 0. The van der Waals surface area contributed by atoms with E-state index in [9.17, 15) is 8.42 Å². The summed E-state index contributed by atoms with van der Waals surface area (Å²) in [6.45, 7) is 7.76. The Kier molecular flexibility index (Phi) is 5.24. The zero-order valence-electron chi connectivity index (χ0n) is 11.9. The average molecular weight is 285 g/mol. The molecule has 0 atom stereocenters. The van der Waals surface area contributed by atoms with Gasteiger partial charge in [-0.3, -0.25) is 4.99 Å². The largest absolute Gasteiger partial charge is 0.357 e. The zero-order valence-corrected chi connectivity index (χ0v) is 12.8. The molecule has 0 spiro atoms. The number of sulfone groups is 1. The molecule has 0 unspecified atom stereocenters. The maximum absolute atomic E-state index is 12.0. The summed E-state index contributed by atoms with van der Waals surface area (Å²) < 4.78 is 23.2. The van der Waals surface area contributed by atoms with Gasteiger partial charge in [-0.1, -0.05) is 0 Å². The number of hydrogen-bond acceptors (Lipinski definition) is 3. The van der Waals surface area contributed by atoms with Crippen LogP contribution in [-0.2, 0) is 9.84 Å². The average Bonchev–Trinajstić information content (AvgIpc) is 2.32. The lowest BCUT2D eigenvalue weighted by Gasteiger charge is -2.39. The van der Waals surface area contributed by atoms with Crippen molar-refractivity contribution < 1.29 is 8.42 Å². The third kappa shape index (κ3) is 3.87. The Balaban J connectivity index is 2.83. The summed E-state index contributed by atoms with van der Waals surface area (Å²) in [6, 6.07) is 0. The van der Waals surface area contributed by atoms with E-state index in [4.69, 9.17) is 6.42 Å². The normalized spacial score (nSPS) is 21.8. The molecular formula is C13H23N3O2S. The van der Waals surface area contributed by atoms with Crippen LogP contribution in [0.4, 0.5) is 0 Å². The first-order chi connectivity index (χ1) is 8.84. The Hall–Kier alpha value is -1.22. The smallest absolute Gasteiger partial charge is 0.194 e. The highest BCUT2D eigenvalue weighted by Gasteiger charge is 2.40. The van der Waals surface area contributed by atoms with Crippen molar-refractivity contribution in [3.8, 4) is 12.3 Å². The van der Waals surface area contributed by atoms with E-state index in [1.54, 1.807) is 13.8 Å². The van der Waals surface area contributed by atoms with Gasteiger partial charge in [-0.2, -0.15) is 0 Å². The highest BCUT2D eigenvalue weighted by Crippen LogP contribution is 2.23. The molecule has 6 heteroatoms. The molecule has 19 heavy (non-hydrogen) atoms. The summed E-state index contributed by atoms with van der Waals surface area (Å²) in [6.07, 6.45) is 5.80. The summed E-state index contributed by atoms with van der Waals surface area (Å²) in [5, 5.41) is 3.19. The topological polar surface area (TPSA) is 61.8 Å². The maximum atomic E-state index is 12.0. The Morgan fingerprint density at radius 2 is 2.21 bits per heavy atom. The standard InChI is InChI=1S/C13H23N3O2S/c1-5-7-8-15-12(14-6-2)16-9-10-19(17,18)13(3,4)11-16/h1H,6-11H2,2-4H3,(H,14,15). The van der Waals surface area contributed by atoms with Crippen LogP contribution in [0.25, 0.3) is 0 Å². The number of guanidine groups is 1. The second-order valence-electron chi connectivity index (χ2n) is 5.19. The van der Waals surface area contributed by atoms with Crippen LogP contribution in [0, 0.1) is 12.3 Å². The van der Waals surface area contributed by atoms with Crippen LogP contribution in [0.1, 0.15) is 27.2 Å². The number of nitrogens with zero attached hydrogens (tertiary/aromatic N) is 2. The third-order valence-electron chi connectivity index (χ3n) is 3.20. The third-order valence-corrected chi connectivity index (χ3v) is 5.73. The first kappa shape index (κ1) is 15.8. The minimum absolute atomic E-state index is 0.166. The van der Waals surface area contributed by atoms with Crippen molar-refractivity contribution >= 4 is 15.8 Å². The lowest BCUT2D eigenvalue weighted by molar-refractivity contribution is 0.353. The van der Waals surface area contributed by atoms with Crippen molar-refractivity contribution in [3.05, 3.63) is 0 Å². The lowest BCUT2D eigenvalue weighted by Crippen LogP contribution is -2.57. The Bertz CT molecular complexity index is 475. The van der Waals surface area contributed by atoms with Gasteiger partial charge >= 0.3 is 0 Å². The van der Waals surface area contributed by atoms with Crippen molar-refractivity contribution in [2.45, 2.75) is 31.9 Å². The predicted octanol–water partition coefficient (Wildman–Crippen LogP) is 0.484. The summed E-state index contributed by atoms with van der Waals surface area (Å²) in [5.74, 6) is 3.47. The molecule has 1 aliphatic rings. The van der Waals surface area contributed by atoms with Gasteiger partial charge in [-0.15, -0.1) is 12.3 Å². The molecule has 5 nitrogen and oxygen atoms in total. The molecule has 1 heterocycles. The van der Waals surface area contributed by atoms with Gasteiger partial charge in [0.15, 0.2) is 15.8 Å². The maximum Gasteiger partial charge on any atom is 0.194 e. The number of nitrogens with one attached hydrogen (secondary N) is 1. The van der Waals surface area contributed by atoms with E-state index in [2.05, 4.69) is 16.2 Å². The molecule has 0 amide bonds. The molecule has 1 saturated heterocycles. The number of aliphatic imine (C=N–C) groups is 1. The monoisotopic (exact) mass is 285 g/mol. The molecule has 0 radical (unpaired) electrons. The highest BCUT2D eigenvalue weighted by atomic mass is 32.2. The zero-order chi connectivity index (χ0) is 14.5. The quantitative estimate of drug-likeness (QED) is 0.355. The lowest BCUT2D eigenvalue weighted by atomic mass is 10.2. The Morgan fingerprint density at radius 3 is 2.74 bits per heavy atom. The van der Waals surface area contributed by atoms with Gasteiger partial charge in [0.05, 0.1) is 17.0 Å². The second kappa shape index (κ2) is 6.29. The van der Waals surface area contributed by atoms with Crippen molar-refractivity contribution in [1.29, 1.82) is 0 Å². The molecule has 0 aromatic heterocycles. The Labute approximate surface area is 116 Å². The van der Waals surface area contributed by atoms with Crippen LogP contribution >= 0.6 is 0 Å². The summed E-state index contributed by atoms with van der Waals surface area (Å²) in [5.41, 5.74) is 0. The number of hydrogen-bond donors (Lipinski definition) is 1. The molecule has 0 aromatic carbocycles. The Morgan fingerprint density at radius 1 is 1.53 bits per heavy atom. The minimum Gasteiger partial charge on any atom is -0.357 e. The predicted molar refractivity (Wildman–Crippen MR) is 78.9 cm³/mol. The molecule has 1 aliphatic heterocycles. The molecule has 0 bridgehead atoms.